The van der Waals surface area contributed by atoms with Crippen molar-refractivity contribution in [2.75, 3.05) is 0 Å². The maximum atomic E-state index is 12.7. The first-order chi connectivity index (χ1) is 14.5. The summed E-state index contributed by atoms with van der Waals surface area (Å²) in [5.41, 5.74) is 2.46. The summed E-state index contributed by atoms with van der Waals surface area (Å²) in [5, 5.41) is 2.75. The van der Waals surface area contributed by atoms with Crippen molar-refractivity contribution in [2.45, 2.75) is 65.5 Å². The van der Waals surface area contributed by atoms with Crippen LogP contribution in [0.15, 0.2) is 54.6 Å². The van der Waals surface area contributed by atoms with Crippen molar-refractivity contribution >= 4 is 17.7 Å². The van der Waals surface area contributed by atoms with Gasteiger partial charge < -0.3 is 10.1 Å². The maximum absolute atomic E-state index is 12.7. The van der Waals surface area contributed by atoms with Gasteiger partial charge in [0.25, 0.3) is 0 Å². The van der Waals surface area contributed by atoms with Gasteiger partial charge in [-0.25, -0.2) is 4.79 Å². The zero-order chi connectivity index (χ0) is 23.2. The van der Waals surface area contributed by atoms with Crippen LogP contribution in [-0.4, -0.2) is 29.8 Å². The zero-order valence-corrected chi connectivity index (χ0v) is 19.3. The van der Waals surface area contributed by atoms with Crippen molar-refractivity contribution in [3.8, 4) is 0 Å². The summed E-state index contributed by atoms with van der Waals surface area (Å²) < 4.78 is 5.44. The fourth-order valence-corrected chi connectivity index (χ4v) is 3.17. The van der Waals surface area contributed by atoms with Crippen molar-refractivity contribution in [1.82, 2.24) is 5.32 Å². The molecule has 1 amide bonds. The molecule has 2 aromatic rings. The number of hydrogen-bond donors (Lipinski definition) is 1. The van der Waals surface area contributed by atoms with Crippen LogP contribution in [0.1, 0.15) is 63.0 Å². The lowest BCUT2D eigenvalue weighted by molar-refractivity contribution is -0.151. The van der Waals surface area contributed by atoms with Crippen LogP contribution < -0.4 is 5.32 Å². The molecule has 0 saturated carbocycles. The van der Waals surface area contributed by atoms with E-state index >= 15 is 0 Å². The topological polar surface area (TPSA) is 72.5 Å². The molecule has 2 aromatic carbocycles. The van der Waals surface area contributed by atoms with Gasteiger partial charge >= 0.3 is 5.97 Å². The van der Waals surface area contributed by atoms with E-state index in [0.29, 0.717) is 5.56 Å². The Morgan fingerprint density at radius 1 is 0.903 bits per heavy atom. The number of Topliss-reactive ketones (excluding diaryl/α,β-unsaturated/α-hetero) is 1. The molecule has 0 fully saturated rings. The number of rotatable bonds is 8. The van der Waals surface area contributed by atoms with Crippen LogP contribution in [0.3, 0.4) is 0 Å². The molecule has 2 atom stereocenters. The molecule has 0 aliphatic rings. The molecule has 0 aromatic heterocycles. The second-order valence-electron chi connectivity index (χ2n) is 9.22. The van der Waals surface area contributed by atoms with Gasteiger partial charge in [-0.05, 0) is 29.4 Å². The van der Waals surface area contributed by atoms with Crippen LogP contribution in [0.2, 0.25) is 0 Å². The lowest BCUT2D eigenvalue weighted by Crippen LogP contribution is -2.47. The molecular formula is C26H33NO4. The minimum absolute atomic E-state index is 0.0118. The molecule has 0 unspecified atom stereocenters. The van der Waals surface area contributed by atoms with Gasteiger partial charge in [0.15, 0.2) is 6.10 Å². The third-order valence-corrected chi connectivity index (χ3v) is 5.14. The molecule has 0 radical (unpaired) electrons. The number of nitrogens with one attached hydrogen (secondary N) is 1. The predicted octanol–water partition coefficient (Wildman–Crippen LogP) is 4.48. The van der Waals surface area contributed by atoms with Crippen molar-refractivity contribution in [3.63, 3.8) is 0 Å². The molecule has 0 bridgehead atoms. The molecule has 5 heteroatoms. The van der Waals surface area contributed by atoms with Gasteiger partial charge in [-0.3, -0.25) is 9.59 Å². The van der Waals surface area contributed by atoms with E-state index in [1.165, 1.54) is 0 Å². The largest absolute Gasteiger partial charge is 0.453 e. The maximum Gasteiger partial charge on any atom is 0.329 e. The first-order valence-corrected chi connectivity index (χ1v) is 10.7. The standard InChI is InChI=1S/C26H33NO4/c1-17(2)23(27-22(28)16-19-10-8-7-9-11-19)25(30)31-18(3)24(29)20-12-14-21(15-13-20)26(4,5)6/h7-15,17-18,23H,16H2,1-6H3,(H,27,28)/t18-,23-/m0/s1. The summed E-state index contributed by atoms with van der Waals surface area (Å²) in [7, 11) is 0. The third kappa shape index (κ3) is 7.06. The van der Waals surface area contributed by atoms with E-state index in [2.05, 4.69) is 26.1 Å². The highest BCUT2D eigenvalue weighted by Crippen LogP contribution is 2.22. The predicted molar refractivity (Wildman–Crippen MR) is 122 cm³/mol. The van der Waals surface area contributed by atoms with E-state index in [0.717, 1.165) is 11.1 Å². The molecular weight excluding hydrogens is 390 g/mol. The summed E-state index contributed by atoms with van der Waals surface area (Å²) in [4.78, 5) is 37.8. The van der Waals surface area contributed by atoms with Crippen LogP contribution in [0.25, 0.3) is 0 Å². The first kappa shape index (κ1) is 24.3. The molecule has 0 spiro atoms. The second kappa shape index (κ2) is 10.4. The fraction of sp³-hybridized carbons (Fsp3) is 0.423. The number of ether oxygens (including phenoxy) is 1. The average molecular weight is 424 g/mol. The number of esters is 1. The third-order valence-electron chi connectivity index (χ3n) is 5.14. The number of carbonyl (C=O) groups is 3. The second-order valence-corrected chi connectivity index (χ2v) is 9.22. The van der Waals surface area contributed by atoms with Crippen LogP contribution in [0.5, 0.6) is 0 Å². The summed E-state index contributed by atoms with van der Waals surface area (Å²) >= 11 is 0. The van der Waals surface area contributed by atoms with Crippen molar-refractivity contribution < 1.29 is 19.1 Å². The fourth-order valence-electron chi connectivity index (χ4n) is 3.17. The van der Waals surface area contributed by atoms with Crippen molar-refractivity contribution in [3.05, 3.63) is 71.3 Å². The lowest BCUT2D eigenvalue weighted by atomic mass is 9.86. The highest BCUT2D eigenvalue weighted by molar-refractivity contribution is 6.00. The Bertz CT molecular complexity index is 895. The molecule has 2 rings (SSSR count). The van der Waals surface area contributed by atoms with Gasteiger partial charge in [0, 0.05) is 5.56 Å². The normalized spacial score (nSPS) is 13.4. The Morgan fingerprint density at radius 2 is 1.48 bits per heavy atom. The van der Waals surface area contributed by atoms with E-state index < -0.39 is 18.1 Å². The van der Waals surface area contributed by atoms with Crippen molar-refractivity contribution in [2.24, 2.45) is 5.92 Å². The number of hydrogen-bond acceptors (Lipinski definition) is 4. The quantitative estimate of drug-likeness (QED) is 0.502. The summed E-state index contributed by atoms with van der Waals surface area (Å²) in [5.74, 6) is -1.32. The van der Waals surface area contributed by atoms with Gasteiger partial charge in [-0.2, -0.15) is 0 Å². The molecule has 0 aliphatic heterocycles. The van der Waals surface area contributed by atoms with Crippen LogP contribution >= 0.6 is 0 Å². The van der Waals surface area contributed by atoms with Gasteiger partial charge in [-0.15, -0.1) is 0 Å². The Kier molecular flexibility index (Phi) is 8.14. The zero-order valence-electron chi connectivity index (χ0n) is 19.3. The first-order valence-electron chi connectivity index (χ1n) is 10.7. The van der Waals surface area contributed by atoms with E-state index in [1.54, 1.807) is 19.1 Å². The molecule has 0 saturated heterocycles. The number of ketones is 1. The molecule has 166 valence electrons. The summed E-state index contributed by atoms with van der Waals surface area (Å²) in [6.45, 7) is 11.5. The van der Waals surface area contributed by atoms with Gasteiger partial charge in [0.2, 0.25) is 11.7 Å². The molecule has 31 heavy (non-hydrogen) atoms. The highest BCUT2D eigenvalue weighted by atomic mass is 16.5. The van der Waals surface area contributed by atoms with Crippen LogP contribution in [-0.2, 0) is 26.2 Å². The van der Waals surface area contributed by atoms with E-state index in [1.807, 2.05) is 56.3 Å². The Balaban J connectivity index is 2.00. The van der Waals surface area contributed by atoms with Crippen molar-refractivity contribution in [1.29, 1.82) is 0 Å². The molecule has 0 heterocycles. The SMILES string of the molecule is CC(C)[C@H](NC(=O)Cc1ccccc1)C(=O)O[C@@H](C)C(=O)c1ccc(C(C)(C)C)cc1. The monoisotopic (exact) mass is 423 g/mol. The lowest BCUT2D eigenvalue weighted by Gasteiger charge is -2.23. The summed E-state index contributed by atoms with van der Waals surface area (Å²) in [6, 6.07) is 15.8. The van der Waals surface area contributed by atoms with Gasteiger partial charge in [0.1, 0.15) is 6.04 Å². The van der Waals surface area contributed by atoms with Gasteiger partial charge in [0.05, 0.1) is 6.42 Å². The Hall–Kier alpha value is -2.95. The van der Waals surface area contributed by atoms with E-state index in [4.69, 9.17) is 4.74 Å². The molecule has 1 N–H and O–H groups in total. The minimum atomic E-state index is -0.944. The number of amides is 1. The molecule has 0 aliphatic carbocycles. The number of carbonyl (C=O) groups excluding carboxylic acids is 3. The Morgan fingerprint density at radius 3 is 2.00 bits per heavy atom. The van der Waals surface area contributed by atoms with Crippen LogP contribution in [0.4, 0.5) is 0 Å². The van der Waals surface area contributed by atoms with E-state index in [9.17, 15) is 14.4 Å². The smallest absolute Gasteiger partial charge is 0.329 e. The average Bonchev–Trinajstić information content (AvgIpc) is 2.71. The summed E-state index contributed by atoms with van der Waals surface area (Å²) in [6.07, 6.45) is -0.772. The van der Waals surface area contributed by atoms with Crippen LogP contribution in [0, 0.1) is 5.92 Å². The highest BCUT2D eigenvalue weighted by Gasteiger charge is 2.29. The minimum Gasteiger partial charge on any atom is -0.453 e. The number of benzene rings is 2. The van der Waals surface area contributed by atoms with Gasteiger partial charge in [-0.1, -0.05) is 89.2 Å². The molecule has 5 nitrogen and oxygen atoms in total. The Labute approximate surface area is 185 Å². The van der Waals surface area contributed by atoms with E-state index in [-0.39, 0.29) is 29.4 Å².